The van der Waals surface area contributed by atoms with Crippen LogP contribution in [0.25, 0.3) is 10.9 Å². The van der Waals surface area contributed by atoms with Gasteiger partial charge in [0, 0.05) is 75.2 Å². The summed E-state index contributed by atoms with van der Waals surface area (Å²) in [6.07, 6.45) is 8.71. The number of carbonyl (C=O) groups excluding carboxylic acids is 2. The number of rotatable bonds is 13. The summed E-state index contributed by atoms with van der Waals surface area (Å²) in [4.78, 5) is 50.7. The number of aromatic nitrogens is 2. The lowest BCUT2D eigenvalue weighted by atomic mass is 9.98. The predicted octanol–water partition coefficient (Wildman–Crippen LogP) is 4.91. The first-order valence-corrected chi connectivity index (χ1v) is 20.4. The molecule has 7 rings (SSSR count). The Morgan fingerprint density at radius 1 is 0.889 bits per heavy atom. The Balaban J connectivity index is 0.839. The van der Waals surface area contributed by atoms with E-state index in [4.69, 9.17) is 9.47 Å². The number of carbonyl (C=O) groups is 2. The zero-order valence-corrected chi connectivity index (χ0v) is 31.8. The number of aromatic amines is 1. The second-order valence-electron chi connectivity index (χ2n) is 15.0. The van der Waals surface area contributed by atoms with Gasteiger partial charge in [-0.3, -0.25) is 24.6 Å². The molecule has 1 unspecified atom stereocenters. The van der Waals surface area contributed by atoms with Crippen LogP contribution in [0.1, 0.15) is 63.6 Å². The molecule has 15 heteroatoms. The van der Waals surface area contributed by atoms with Crippen LogP contribution in [0.3, 0.4) is 0 Å². The summed E-state index contributed by atoms with van der Waals surface area (Å²) < 4.78 is 42.0. The van der Waals surface area contributed by atoms with Crippen LogP contribution >= 0.6 is 11.8 Å². The minimum atomic E-state index is -0.633. The third kappa shape index (κ3) is 9.46. The lowest BCUT2D eigenvalue weighted by Gasteiger charge is -2.38. The van der Waals surface area contributed by atoms with Gasteiger partial charge in [-0.15, -0.1) is 0 Å². The number of imide groups is 1. The van der Waals surface area contributed by atoms with E-state index in [1.54, 1.807) is 12.1 Å². The number of H-pyrrole nitrogens is 1. The molecule has 2 amide bonds. The van der Waals surface area contributed by atoms with Crippen molar-refractivity contribution in [2.24, 2.45) is 5.92 Å². The summed E-state index contributed by atoms with van der Waals surface area (Å²) in [5.41, 5.74) is 0.744. The van der Waals surface area contributed by atoms with Crippen LogP contribution in [0.4, 0.5) is 20.2 Å². The van der Waals surface area contributed by atoms with Crippen molar-refractivity contribution < 1.29 is 27.8 Å². The molecule has 1 saturated carbocycles. The van der Waals surface area contributed by atoms with Gasteiger partial charge in [-0.05, 0) is 51.1 Å². The molecule has 3 aromatic rings. The molecule has 0 spiro atoms. The van der Waals surface area contributed by atoms with Gasteiger partial charge in [0.2, 0.25) is 11.8 Å². The van der Waals surface area contributed by atoms with Gasteiger partial charge in [0.15, 0.2) is 0 Å². The van der Waals surface area contributed by atoms with Crippen LogP contribution in [-0.4, -0.2) is 109 Å². The van der Waals surface area contributed by atoms with Gasteiger partial charge < -0.3 is 29.6 Å². The van der Waals surface area contributed by atoms with Crippen LogP contribution in [0.5, 0.6) is 11.5 Å². The van der Waals surface area contributed by atoms with Crippen molar-refractivity contribution in [3.63, 3.8) is 0 Å². The summed E-state index contributed by atoms with van der Waals surface area (Å²) in [7, 11) is 1.51. The van der Waals surface area contributed by atoms with E-state index in [1.165, 1.54) is 51.3 Å². The minimum Gasteiger partial charge on any atom is -0.495 e. The molecule has 1 aromatic heterocycles. The fourth-order valence-corrected chi connectivity index (χ4v) is 9.20. The topological polar surface area (TPSA) is 132 Å². The Bertz CT molecular complexity index is 1860. The molecule has 292 valence electrons. The molecule has 4 heterocycles. The van der Waals surface area contributed by atoms with Crippen molar-refractivity contribution in [1.29, 1.82) is 0 Å². The number of hydrogen-bond donors (Lipinski definition) is 3. The number of methoxy groups -OCH3 is 1. The average Bonchev–Trinajstić information content (AvgIpc) is 3.17. The molecule has 54 heavy (non-hydrogen) atoms. The number of nitrogens with one attached hydrogen (secondary N) is 3. The Hall–Kier alpha value is -3.95. The minimum absolute atomic E-state index is 0.0221. The third-order valence-electron chi connectivity index (χ3n) is 11.3. The maximum Gasteiger partial charge on any atom is 0.261 e. The fourth-order valence-electron chi connectivity index (χ4n) is 8.00. The second kappa shape index (κ2) is 17.7. The SMILES string of the molecule is COc1cc(N2CCN(CCN3CCC(COc4cc(F)c5c(=O)[nH]c(CSC6CCCCC6)nc5c4)CC3)CC2)c(F)cc1NC1CCC(=O)NC1=O. The van der Waals surface area contributed by atoms with E-state index in [0.717, 1.165) is 52.1 Å². The van der Waals surface area contributed by atoms with Crippen LogP contribution in [0, 0.1) is 17.6 Å². The first-order valence-electron chi connectivity index (χ1n) is 19.4. The molecule has 0 radical (unpaired) electrons. The Morgan fingerprint density at radius 3 is 2.35 bits per heavy atom. The standard InChI is InChI=1S/C39H51F2N7O5S/c1-52-34-22-33(28(40)21-31(34)42-30-7-8-36(49)45-38(30)50)48-17-15-47(16-18-48)14-13-46-11-9-25(10-12-46)23-53-26-19-29(41)37-32(20-26)43-35(44-39(37)51)24-54-27-5-3-2-4-6-27/h19-22,25,27,30,42H,2-18,23-24H2,1H3,(H,43,44,51)(H,45,49,50). The molecule has 0 bridgehead atoms. The van der Waals surface area contributed by atoms with Crippen LogP contribution < -0.4 is 30.6 Å². The van der Waals surface area contributed by atoms with Crippen molar-refractivity contribution >= 4 is 45.9 Å². The number of piperidine rings is 2. The molecule has 2 aromatic carbocycles. The third-order valence-corrected chi connectivity index (χ3v) is 12.7. The van der Waals surface area contributed by atoms with Crippen molar-refractivity contribution in [2.75, 3.05) is 76.3 Å². The molecule has 4 aliphatic rings. The van der Waals surface area contributed by atoms with Gasteiger partial charge in [-0.1, -0.05) is 19.3 Å². The first kappa shape index (κ1) is 38.3. The van der Waals surface area contributed by atoms with Crippen LogP contribution in [0.15, 0.2) is 29.1 Å². The normalized spacial score (nSPS) is 21.0. The number of ether oxygens (including phenoxy) is 2. The number of benzene rings is 2. The van der Waals surface area contributed by atoms with Gasteiger partial charge in [0.05, 0.1) is 36.4 Å². The largest absolute Gasteiger partial charge is 0.495 e. The van der Waals surface area contributed by atoms with E-state index < -0.39 is 29.1 Å². The molecule has 3 aliphatic heterocycles. The molecule has 12 nitrogen and oxygen atoms in total. The number of fused-ring (bicyclic) bond motifs is 1. The monoisotopic (exact) mass is 767 g/mol. The molecule has 3 saturated heterocycles. The number of thioether (sulfide) groups is 1. The number of nitrogens with zero attached hydrogens (tertiary/aromatic N) is 4. The number of amides is 2. The highest BCUT2D eigenvalue weighted by atomic mass is 32.2. The summed E-state index contributed by atoms with van der Waals surface area (Å²) >= 11 is 1.82. The number of anilines is 2. The Kier molecular flexibility index (Phi) is 12.5. The highest BCUT2D eigenvalue weighted by Gasteiger charge is 2.29. The lowest BCUT2D eigenvalue weighted by molar-refractivity contribution is -0.133. The van der Waals surface area contributed by atoms with Crippen molar-refractivity contribution in [1.82, 2.24) is 25.1 Å². The van der Waals surface area contributed by atoms with Gasteiger partial charge in [-0.2, -0.15) is 11.8 Å². The molecule has 3 N–H and O–H groups in total. The second-order valence-corrected chi connectivity index (χ2v) is 16.2. The van der Waals surface area contributed by atoms with E-state index in [2.05, 4.69) is 30.4 Å². The molecular formula is C39H51F2N7O5S. The van der Waals surface area contributed by atoms with Crippen molar-refractivity contribution in [3.05, 3.63) is 52.1 Å². The zero-order valence-electron chi connectivity index (χ0n) is 31.0. The summed E-state index contributed by atoms with van der Waals surface area (Å²) in [5, 5.41) is 5.92. The Labute approximate surface area is 318 Å². The van der Waals surface area contributed by atoms with E-state index in [-0.39, 0.29) is 17.7 Å². The average molecular weight is 768 g/mol. The van der Waals surface area contributed by atoms with Crippen molar-refractivity contribution in [3.8, 4) is 11.5 Å². The van der Waals surface area contributed by atoms with Gasteiger partial charge in [0.1, 0.15) is 40.4 Å². The maximum absolute atomic E-state index is 15.4. The number of halogens is 2. The lowest BCUT2D eigenvalue weighted by Crippen LogP contribution is -2.49. The zero-order chi connectivity index (χ0) is 37.6. The first-order chi connectivity index (χ1) is 26.2. The summed E-state index contributed by atoms with van der Waals surface area (Å²) in [6, 6.07) is 5.40. The highest BCUT2D eigenvalue weighted by Crippen LogP contribution is 2.35. The highest BCUT2D eigenvalue weighted by molar-refractivity contribution is 7.99. The quantitative estimate of drug-likeness (QED) is 0.205. The molecule has 1 aliphatic carbocycles. The van der Waals surface area contributed by atoms with Crippen molar-refractivity contribution in [2.45, 2.75) is 74.8 Å². The smallest absolute Gasteiger partial charge is 0.261 e. The van der Waals surface area contributed by atoms with Crippen LogP contribution in [-0.2, 0) is 15.3 Å². The van der Waals surface area contributed by atoms with E-state index in [1.807, 2.05) is 16.7 Å². The van der Waals surface area contributed by atoms with E-state index in [9.17, 15) is 14.4 Å². The molecule has 4 fully saturated rings. The van der Waals surface area contributed by atoms with Gasteiger partial charge in [0.25, 0.3) is 5.56 Å². The number of likely N-dealkylation sites (tertiary alicyclic amines) is 1. The molecular weight excluding hydrogens is 717 g/mol. The number of hydrogen-bond acceptors (Lipinski definition) is 11. The summed E-state index contributed by atoms with van der Waals surface area (Å²) in [5.74, 6) is 0.663. The van der Waals surface area contributed by atoms with E-state index >= 15 is 8.78 Å². The fraction of sp³-hybridized carbons (Fsp3) is 0.590. The maximum atomic E-state index is 15.4. The van der Waals surface area contributed by atoms with Gasteiger partial charge in [-0.25, -0.2) is 13.8 Å². The van der Waals surface area contributed by atoms with E-state index in [0.29, 0.717) is 77.3 Å². The van der Waals surface area contributed by atoms with Gasteiger partial charge >= 0.3 is 0 Å². The summed E-state index contributed by atoms with van der Waals surface area (Å²) in [6.45, 7) is 7.28. The molecule has 1 atom stereocenters. The predicted molar refractivity (Wildman–Crippen MR) is 207 cm³/mol. The van der Waals surface area contributed by atoms with Crippen LogP contribution in [0.2, 0.25) is 0 Å². The number of piperazine rings is 1. The Morgan fingerprint density at radius 2 is 1.63 bits per heavy atom.